The molecule has 0 saturated heterocycles. The van der Waals surface area contributed by atoms with Crippen molar-refractivity contribution in [3.63, 3.8) is 0 Å². The molecule has 0 aliphatic heterocycles. The molecule has 0 atom stereocenters. The highest BCUT2D eigenvalue weighted by atomic mass is 16.3. The molecule has 0 unspecified atom stereocenters. The highest BCUT2D eigenvalue weighted by Crippen LogP contribution is 2.10. The van der Waals surface area contributed by atoms with Crippen LogP contribution in [0.1, 0.15) is 10.4 Å². The molecule has 0 aliphatic rings. The second-order valence-electron chi connectivity index (χ2n) is 4.21. The van der Waals surface area contributed by atoms with Crippen molar-refractivity contribution in [2.24, 2.45) is 0 Å². The molecule has 1 heterocycles. The molecule has 6 heteroatoms. The summed E-state index contributed by atoms with van der Waals surface area (Å²) in [6, 6.07) is 10.5. The summed E-state index contributed by atoms with van der Waals surface area (Å²) in [5.74, 6) is 0.651. The van der Waals surface area contributed by atoms with Crippen LogP contribution in [0.25, 0.3) is 0 Å². The number of rotatable bonds is 5. The number of hydrogen-bond donors (Lipinski definition) is 2. The number of carbonyl (C=O) groups is 1. The lowest BCUT2D eigenvalue weighted by atomic mass is 10.2. The van der Waals surface area contributed by atoms with Crippen molar-refractivity contribution < 1.29 is 9.90 Å². The van der Waals surface area contributed by atoms with Crippen LogP contribution in [-0.4, -0.2) is 41.2 Å². The normalized spacial score (nSPS) is 10.1. The zero-order chi connectivity index (χ0) is 14.4. The molecule has 0 aliphatic carbocycles. The molecular formula is C14H16N4O2. The molecule has 0 fully saturated rings. The molecule has 2 rings (SSSR count). The SMILES string of the molecule is CN(CCO)c1nccc(NC(=O)c2ccccc2)n1. The van der Waals surface area contributed by atoms with E-state index in [2.05, 4.69) is 15.3 Å². The first-order valence-electron chi connectivity index (χ1n) is 6.22. The number of likely N-dealkylation sites (N-methyl/N-ethyl adjacent to an activating group) is 1. The van der Waals surface area contributed by atoms with Gasteiger partial charge in [-0.3, -0.25) is 4.79 Å². The Labute approximate surface area is 117 Å². The number of carbonyl (C=O) groups excluding carboxylic acids is 1. The van der Waals surface area contributed by atoms with Crippen molar-refractivity contribution in [2.75, 3.05) is 30.4 Å². The fourth-order valence-electron chi connectivity index (χ4n) is 1.63. The van der Waals surface area contributed by atoms with Crippen LogP contribution in [0.3, 0.4) is 0 Å². The van der Waals surface area contributed by atoms with Gasteiger partial charge in [0.25, 0.3) is 5.91 Å². The number of aromatic nitrogens is 2. The zero-order valence-corrected chi connectivity index (χ0v) is 11.2. The molecule has 1 aromatic heterocycles. The second kappa shape index (κ2) is 6.63. The molecule has 20 heavy (non-hydrogen) atoms. The molecule has 104 valence electrons. The number of aliphatic hydroxyl groups is 1. The summed E-state index contributed by atoms with van der Waals surface area (Å²) in [6.07, 6.45) is 1.57. The summed E-state index contributed by atoms with van der Waals surface area (Å²) in [7, 11) is 1.77. The smallest absolute Gasteiger partial charge is 0.256 e. The third-order valence-corrected chi connectivity index (χ3v) is 2.70. The summed E-state index contributed by atoms with van der Waals surface area (Å²) in [5.41, 5.74) is 0.566. The van der Waals surface area contributed by atoms with Gasteiger partial charge in [-0.25, -0.2) is 4.98 Å². The van der Waals surface area contributed by atoms with Gasteiger partial charge in [0.15, 0.2) is 0 Å². The fourth-order valence-corrected chi connectivity index (χ4v) is 1.63. The maximum absolute atomic E-state index is 12.0. The van der Waals surface area contributed by atoms with Crippen LogP contribution in [0.5, 0.6) is 0 Å². The topological polar surface area (TPSA) is 78.4 Å². The van der Waals surface area contributed by atoms with Crippen LogP contribution in [0.4, 0.5) is 11.8 Å². The van der Waals surface area contributed by atoms with Crippen LogP contribution in [0, 0.1) is 0 Å². The van der Waals surface area contributed by atoms with Gasteiger partial charge in [-0.1, -0.05) is 18.2 Å². The molecule has 2 aromatic rings. The Bertz CT molecular complexity index is 574. The Morgan fingerprint density at radius 1 is 1.30 bits per heavy atom. The van der Waals surface area contributed by atoms with Crippen molar-refractivity contribution >= 4 is 17.7 Å². The van der Waals surface area contributed by atoms with Crippen LogP contribution >= 0.6 is 0 Å². The molecule has 0 radical (unpaired) electrons. The minimum atomic E-state index is -0.222. The third kappa shape index (κ3) is 3.52. The number of nitrogens with one attached hydrogen (secondary N) is 1. The highest BCUT2D eigenvalue weighted by Gasteiger charge is 2.08. The predicted molar refractivity (Wildman–Crippen MR) is 76.8 cm³/mol. The van der Waals surface area contributed by atoms with Gasteiger partial charge in [-0.15, -0.1) is 0 Å². The van der Waals surface area contributed by atoms with E-state index < -0.39 is 0 Å². The van der Waals surface area contributed by atoms with E-state index in [-0.39, 0.29) is 12.5 Å². The summed E-state index contributed by atoms with van der Waals surface area (Å²) < 4.78 is 0. The van der Waals surface area contributed by atoms with E-state index in [1.165, 1.54) is 0 Å². The van der Waals surface area contributed by atoms with Gasteiger partial charge in [0, 0.05) is 25.4 Å². The summed E-state index contributed by atoms with van der Waals surface area (Å²) in [4.78, 5) is 22.0. The Hall–Kier alpha value is -2.47. The maximum atomic E-state index is 12.0. The second-order valence-corrected chi connectivity index (χ2v) is 4.21. The first-order valence-corrected chi connectivity index (χ1v) is 6.22. The van der Waals surface area contributed by atoms with Gasteiger partial charge < -0.3 is 15.3 Å². The number of anilines is 2. The Morgan fingerprint density at radius 2 is 2.05 bits per heavy atom. The van der Waals surface area contributed by atoms with E-state index in [0.717, 1.165) is 0 Å². The summed E-state index contributed by atoms with van der Waals surface area (Å²) in [5, 5.41) is 11.6. The maximum Gasteiger partial charge on any atom is 0.256 e. The van der Waals surface area contributed by atoms with Gasteiger partial charge in [0.1, 0.15) is 5.82 Å². The Morgan fingerprint density at radius 3 is 2.75 bits per heavy atom. The van der Waals surface area contributed by atoms with E-state index in [0.29, 0.717) is 23.9 Å². The van der Waals surface area contributed by atoms with Crippen molar-refractivity contribution in [3.05, 3.63) is 48.2 Å². The number of amides is 1. The van der Waals surface area contributed by atoms with Gasteiger partial charge in [0.2, 0.25) is 5.95 Å². The van der Waals surface area contributed by atoms with E-state index in [4.69, 9.17) is 5.11 Å². The van der Waals surface area contributed by atoms with Crippen LogP contribution < -0.4 is 10.2 Å². The van der Waals surface area contributed by atoms with E-state index in [1.54, 1.807) is 48.5 Å². The van der Waals surface area contributed by atoms with Gasteiger partial charge in [0.05, 0.1) is 6.61 Å². The Balaban J connectivity index is 2.10. The standard InChI is InChI=1S/C14H16N4O2/c1-18(9-10-19)14-15-8-7-12(17-14)16-13(20)11-5-3-2-4-6-11/h2-8,19H,9-10H2,1H3,(H,15,16,17,20). The predicted octanol–water partition coefficient (Wildman–Crippen LogP) is 1.16. The van der Waals surface area contributed by atoms with Crippen molar-refractivity contribution in [2.45, 2.75) is 0 Å². The van der Waals surface area contributed by atoms with E-state index in [1.807, 2.05) is 6.07 Å². The molecule has 2 N–H and O–H groups in total. The first-order chi connectivity index (χ1) is 9.70. The van der Waals surface area contributed by atoms with Gasteiger partial charge in [-0.2, -0.15) is 4.98 Å². The average Bonchev–Trinajstić information content (AvgIpc) is 2.48. The van der Waals surface area contributed by atoms with Gasteiger partial charge in [-0.05, 0) is 18.2 Å². The molecule has 1 aromatic carbocycles. The molecular weight excluding hydrogens is 256 g/mol. The van der Waals surface area contributed by atoms with E-state index >= 15 is 0 Å². The largest absolute Gasteiger partial charge is 0.395 e. The number of nitrogens with zero attached hydrogens (tertiary/aromatic N) is 3. The third-order valence-electron chi connectivity index (χ3n) is 2.70. The monoisotopic (exact) mass is 272 g/mol. The highest BCUT2D eigenvalue weighted by molar-refractivity contribution is 6.03. The van der Waals surface area contributed by atoms with Crippen molar-refractivity contribution in [1.29, 1.82) is 0 Å². The summed E-state index contributed by atoms with van der Waals surface area (Å²) >= 11 is 0. The number of hydrogen-bond acceptors (Lipinski definition) is 5. The summed E-state index contributed by atoms with van der Waals surface area (Å²) in [6.45, 7) is 0.441. The lowest BCUT2D eigenvalue weighted by Gasteiger charge is -2.15. The van der Waals surface area contributed by atoms with Gasteiger partial charge >= 0.3 is 0 Å². The molecule has 0 spiro atoms. The average molecular weight is 272 g/mol. The molecule has 0 saturated carbocycles. The number of benzene rings is 1. The molecule has 6 nitrogen and oxygen atoms in total. The van der Waals surface area contributed by atoms with Crippen LogP contribution in [0.2, 0.25) is 0 Å². The molecule has 1 amide bonds. The van der Waals surface area contributed by atoms with Crippen molar-refractivity contribution in [1.82, 2.24) is 9.97 Å². The van der Waals surface area contributed by atoms with Crippen LogP contribution in [0.15, 0.2) is 42.6 Å². The minimum Gasteiger partial charge on any atom is -0.395 e. The number of aliphatic hydroxyl groups excluding tert-OH is 1. The Kier molecular flexibility index (Phi) is 4.62. The quantitative estimate of drug-likeness (QED) is 0.854. The fraction of sp³-hybridized carbons (Fsp3) is 0.214. The van der Waals surface area contributed by atoms with Crippen LogP contribution in [-0.2, 0) is 0 Å². The zero-order valence-electron chi connectivity index (χ0n) is 11.2. The lowest BCUT2D eigenvalue weighted by Crippen LogP contribution is -2.24. The van der Waals surface area contributed by atoms with E-state index in [9.17, 15) is 4.79 Å². The lowest BCUT2D eigenvalue weighted by molar-refractivity contribution is 0.102. The minimum absolute atomic E-state index is 0.0143. The van der Waals surface area contributed by atoms with Crippen molar-refractivity contribution in [3.8, 4) is 0 Å². The first kappa shape index (κ1) is 14.0. The molecule has 0 bridgehead atoms.